The molecule has 0 bridgehead atoms. The Morgan fingerprint density at radius 1 is 1.14 bits per heavy atom. The summed E-state index contributed by atoms with van der Waals surface area (Å²) in [5, 5.41) is 24.8. The van der Waals surface area contributed by atoms with Crippen LogP contribution in [0.5, 0.6) is 17.4 Å². The molecule has 28 heavy (non-hydrogen) atoms. The molecule has 3 heterocycles. The molecule has 0 saturated heterocycles. The van der Waals surface area contributed by atoms with Gasteiger partial charge in [0.05, 0.1) is 22.9 Å². The summed E-state index contributed by atoms with van der Waals surface area (Å²) in [6, 6.07) is 17.1. The lowest BCUT2D eigenvalue weighted by atomic mass is 9.84. The summed E-state index contributed by atoms with van der Waals surface area (Å²) >= 11 is 0. The van der Waals surface area contributed by atoms with Crippen molar-refractivity contribution in [1.82, 2.24) is 9.78 Å². The van der Waals surface area contributed by atoms with E-state index in [1.165, 1.54) is 0 Å². The summed E-state index contributed by atoms with van der Waals surface area (Å²) in [6.07, 6.45) is 0. The average Bonchev–Trinajstić information content (AvgIpc) is 3.31. The molecular weight excluding hydrogens is 358 g/mol. The first-order chi connectivity index (χ1) is 13.7. The summed E-state index contributed by atoms with van der Waals surface area (Å²) in [4.78, 5) is 0. The fourth-order valence-corrected chi connectivity index (χ4v) is 3.65. The molecule has 2 aliphatic heterocycles. The number of allylic oxidation sites excluding steroid dienone is 1. The predicted octanol–water partition coefficient (Wildman–Crippen LogP) is 3.73. The molecule has 0 spiro atoms. The van der Waals surface area contributed by atoms with E-state index >= 15 is 0 Å². The van der Waals surface area contributed by atoms with E-state index in [0.717, 1.165) is 16.8 Å². The molecule has 0 fully saturated rings. The van der Waals surface area contributed by atoms with Crippen molar-refractivity contribution in [2.75, 3.05) is 6.79 Å². The van der Waals surface area contributed by atoms with Gasteiger partial charge in [0, 0.05) is 0 Å². The second kappa shape index (κ2) is 6.06. The molecule has 3 aromatic rings. The number of aromatic nitrogens is 2. The maximum absolute atomic E-state index is 10.5. The first-order valence-corrected chi connectivity index (χ1v) is 8.73. The highest BCUT2D eigenvalue weighted by Crippen LogP contribution is 2.46. The van der Waals surface area contributed by atoms with Gasteiger partial charge in [-0.15, -0.1) is 0 Å². The summed E-state index contributed by atoms with van der Waals surface area (Å²) < 4.78 is 18.1. The third-order valence-electron chi connectivity index (χ3n) is 4.91. The Balaban J connectivity index is 1.72. The molecule has 0 radical (unpaired) electrons. The number of benzene rings is 2. The summed E-state index contributed by atoms with van der Waals surface area (Å²) in [5.74, 6) is 0.702. The minimum atomic E-state index is -0.527. The van der Waals surface area contributed by atoms with Crippen LogP contribution in [-0.2, 0) is 0 Å². The molecule has 1 N–H and O–H groups in total. The molecule has 0 aliphatic carbocycles. The number of para-hydroxylation sites is 1. The first-order valence-electron chi connectivity index (χ1n) is 8.73. The zero-order valence-corrected chi connectivity index (χ0v) is 14.9. The van der Waals surface area contributed by atoms with Crippen LogP contribution < -0.4 is 14.2 Å². The van der Waals surface area contributed by atoms with Crippen molar-refractivity contribution in [2.45, 2.75) is 12.8 Å². The Kier molecular flexibility index (Phi) is 3.52. The van der Waals surface area contributed by atoms with Gasteiger partial charge >= 0.3 is 0 Å². The molecule has 138 valence electrons. The van der Waals surface area contributed by atoms with E-state index in [1.807, 2.05) is 49.4 Å². The van der Waals surface area contributed by atoms with Crippen molar-refractivity contribution in [3.63, 3.8) is 0 Å². The van der Waals surface area contributed by atoms with Crippen LogP contribution in [0.3, 0.4) is 0 Å². The van der Waals surface area contributed by atoms with Gasteiger partial charge in [0.25, 0.3) is 5.95 Å². The summed E-state index contributed by atoms with van der Waals surface area (Å²) in [6.45, 7) is 2.02. The highest BCUT2D eigenvalue weighted by Gasteiger charge is 2.37. The van der Waals surface area contributed by atoms with Crippen LogP contribution in [0, 0.1) is 18.3 Å². The van der Waals surface area contributed by atoms with E-state index in [4.69, 9.17) is 14.2 Å². The number of nitriles is 1. The lowest BCUT2D eigenvalue weighted by Gasteiger charge is -2.24. The highest BCUT2D eigenvalue weighted by molar-refractivity contribution is 5.58. The van der Waals surface area contributed by atoms with E-state index < -0.39 is 11.9 Å². The van der Waals surface area contributed by atoms with Gasteiger partial charge in [0.2, 0.25) is 12.7 Å². The molecule has 0 saturated carbocycles. The second-order valence-corrected chi connectivity index (χ2v) is 6.53. The maximum Gasteiger partial charge on any atom is 0.298 e. The number of rotatable bonds is 2. The second-order valence-electron chi connectivity index (χ2n) is 6.53. The zero-order valence-electron chi connectivity index (χ0n) is 14.9. The molecule has 1 aromatic heterocycles. The Labute approximate surface area is 160 Å². The van der Waals surface area contributed by atoms with Gasteiger partial charge in [-0.25, -0.2) is 4.68 Å². The van der Waals surface area contributed by atoms with Gasteiger partial charge < -0.3 is 19.3 Å². The third kappa shape index (κ3) is 2.32. The topological polar surface area (TPSA) is 89.5 Å². The Morgan fingerprint density at radius 3 is 2.71 bits per heavy atom. The van der Waals surface area contributed by atoms with E-state index in [2.05, 4.69) is 11.2 Å². The van der Waals surface area contributed by atoms with Crippen molar-refractivity contribution >= 4 is 0 Å². The van der Waals surface area contributed by atoms with Crippen LogP contribution in [0.4, 0.5) is 0 Å². The normalized spacial score (nSPS) is 17.1. The molecule has 7 heteroatoms. The van der Waals surface area contributed by atoms with Gasteiger partial charge in [-0.1, -0.05) is 24.3 Å². The molecular formula is C21H15N3O4. The van der Waals surface area contributed by atoms with Crippen LogP contribution >= 0.6 is 0 Å². The SMILES string of the molecule is Cc1nn(-c2ccccc2)c2c1[C@H](c1ccc3c(c1)OCO3)C(C#N)=C(O)O2. The van der Waals surface area contributed by atoms with Crippen molar-refractivity contribution in [2.24, 2.45) is 0 Å². The smallest absolute Gasteiger partial charge is 0.298 e. The number of aryl methyl sites for hydroxylation is 1. The van der Waals surface area contributed by atoms with Gasteiger partial charge in [-0.3, -0.25) is 0 Å². The van der Waals surface area contributed by atoms with Crippen LogP contribution in [0.25, 0.3) is 5.69 Å². The van der Waals surface area contributed by atoms with Gasteiger partial charge in [0.15, 0.2) is 11.5 Å². The van der Waals surface area contributed by atoms with E-state index in [1.54, 1.807) is 10.7 Å². The lowest BCUT2D eigenvalue weighted by Crippen LogP contribution is -2.17. The zero-order chi connectivity index (χ0) is 19.3. The Hall–Kier alpha value is -3.92. The van der Waals surface area contributed by atoms with Crippen LogP contribution in [0.2, 0.25) is 0 Å². The van der Waals surface area contributed by atoms with Crippen molar-refractivity contribution in [1.29, 1.82) is 5.26 Å². The van der Waals surface area contributed by atoms with Crippen molar-refractivity contribution in [3.8, 4) is 29.1 Å². The summed E-state index contributed by atoms with van der Waals surface area (Å²) in [5.41, 5.74) is 3.15. The van der Waals surface area contributed by atoms with Crippen LogP contribution in [-0.4, -0.2) is 21.7 Å². The van der Waals surface area contributed by atoms with Gasteiger partial charge in [-0.2, -0.15) is 10.4 Å². The quantitative estimate of drug-likeness (QED) is 0.736. The number of hydrogen-bond acceptors (Lipinski definition) is 6. The van der Waals surface area contributed by atoms with Gasteiger partial charge in [0.1, 0.15) is 11.6 Å². The third-order valence-corrected chi connectivity index (χ3v) is 4.91. The first kappa shape index (κ1) is 16.3. The number of aliphatic hydroxyl groups excluding tert-OH is 1. The maximum atomic E-state index is 10.5. The molecule has 5 rings (SSSR count). The standard InChI is InChI=1S/C21H15N3O4/c1-12-18-19(13-7-8-16-17(9-13)27-11-26-16)15(10-22)21(25)28-20(18)24(23-12)14-5-3-2-4-6-14/h2-9,19,25H,11H2,1H3/t19-/m1/s1. The lowest BCUT2D eigenvalue weighted by molar-refractivity contribution is 0.174. The number of nitrogens with zero attached hydrogens (tertiary/aromatic N) is 3. The molecule has 2 aliphatic rings. The average molecular weight is 373 g/mol. The van der Waals surface area contributed by atoms with Crippen molar-refractivity contribution < 1.29 is 19.3 Å². The highest BCUT2D eigenvalue weighted by atomic mass is 16.7. The molecule has 0 amide bonds. The van der Waals surface area contributed by atoms with Gasteiger partial charge in [-0.05, 0) is 36.8 Å². The number of fused-ring (bicyclic) bond motifs is 2. The Morgan fingerprint density at radius 2 is 1.93 bits per heavy atom. The van der Waals surface area contributed by atoms with E-state index in [-0.39, 0.29) is 12.4 Å². The minimum Gasteiger partial charge on any atom is -0.480 e. The van der Waals surface area contributed by atoms with Crippen molar-refractivity contribution in [3.05, 3.63) is 76.9 Å². The van der Waals surface area contributed by atoms with E-state index in [9.17, 15) is 10.4 Å². The van der Waals surface area contributed by atoms with E-state index in [0.29, 0.717) is 23.1 Å². The fourth-order valence-electron chi connectivity index (χ4n) is 3.65. The monoisotopic (exact) mass is 373 g/mol. The number of aliphatic hydroxyl groups is 1. The van der Waals surface area contributed by atoms with Crippen LogP contribution in [0.1, 0.15) is 22.7 Å². The molecule has 0 unspecified atom stereocenters. The largest absolute Gasteiger partial charge is 0.480 e. The van der Waals surface area contributed by atoms with Crippen LogP contribution in [0.15, 0.2) is 60.0 Å². The molecule has 7 nitrogen and oxygen atoms in total. The molecule has 2 aromatic carbocycles. The minimum absolute atomic E-state index is 0.127. The fraction of sp³-hybridized carbons (Fsp3) is 0.143. The number of ether oxygens (including phenoxy) is 3. The number of hydrogen-bond donors (Lipinski definition) is 1. The molecule has 1 atom stereocenters. The summed E-state index contributed by atoms with van der Waals surface area (Å²) in [7, 11) is 0. The Bertz CT molecular complexity index is 1160. The predicted molar refractivity (Wildman–Crippen MR) is 98.6 cm³/mol.